The van der Waals surface area contributed by atoms with Crippen molar-refractivity contribution in [2.75, 3.05) is 26.4 Å². The van der Waals surface area contributed by atoms with Gasteiger partial charge < -0.3 is 29.9 Å². The molecule has 0 heterocycles. The van der Waals surface area contributed by atoms with Gasteiger partial charge in [0, 0.05) is 41.7 Å². The Hall–Kier alpha value is -1.89. The van der Waals surface area contributed by atoms with E-state index in [0.717, 1.165) is 3.57 Å². The Morgan fingerprint density at radius 1 is 1.22 bits per heavy atom. The van der Waals surface area contributed by atoms with Crippen molar-refractivity contribution in [2.24, 2.45) is 0 Å². The lowest BCUT2D eigenvalue weighted by Crippen LogP contribution is -2.55. The minimum atomic E-state index is -1.16. The topological polar surface area (TPSA) is 108 Å². The number of carbonyl (C=O) groups is 2. The molecule has 11 heteroatoms. The van der Waals surface area contributed by atoms with E-state index in [2.05, 4.69) is 27.9 Å². The summed E-state index contributed by atoms with van der Waals surface area (Å²) in [6, 6.07) is 11.4. The number of para-hydroxylation sites is 1. The number of ether oxygens (including phenoxy) is 2. The normalized spacial score (nSPS) is 19.2. The van der Waals surface area contributed by atoms with Crippen molar-refractivity contribution >= 4 is 57.6 Å². The highest BCUT2D eigenvalue weighted by Gasteiger charge is 2.40. The van der Waals surface area contributed by atoms with Crippen LogP contribution in [0, 0.1) is 3.57 Å². The van der Waals surface area contributed by atoms with Gasteiger partial charge in [0.05, 0.1) is 16.2 Å². The summed E-state index contributed by atoms with van der Waals surface area (Å²) in [5.74, 6) is -0.252. The fraction of sp³-hybridized carbons (Fsp3) is 0.385. The highest BCUT2D eigenvalue weighted by Crippen LogP contribution is 2.31. The quantitative estimate of drug-likeness (QED) is 0.318. The predicted molar refractivity (Wildman–Crippen MR) is 150 cm³/mol. The minimum absolute atomic E-state index is 0.0603. The lowest BCUT2D eigenvalue weighted by Gasteiger charge is -2.40. The van der Waals surface area contributed by atoms with Gasteiger partial charge in [-0.3, -0.25) is 9.59 Å². The van der Waals surface area contributed by atoms with Crippen LogP contribution in [-0.4, -0.2) is 71.5 Å². The van der Waals surface area contributed by atoms with Gasteiger partial charge in [0.15, 0.2) is 0 Å². The average Bonchev–Trinajstić information content (AvgIpc) is 2.88. The van der Waals surface area contributed by atoms with Crippen molar-refractivity contribution in [3.05, 3.63) is 73.3 Å². The first-order valence-corrected chi connectivity index (χ1v) is 13.6. The van der Waals surface area contributed by atoms with Crippen LogP contribution >= 0.6 is 45.8 Å². The van der Waals surface area contributed by atoms with E-state index < -0.39 is 24.2 Å². The summed E-state index contributed by atoms with van der Waals surface area (Å²) in [6.07, 6.45) is -0.459. The van der Waals surface area contributed by atoms with E-state index in [1.54, 1.807) is 37.3 Å². The summed E-state index contributed by atoms with van der Waals surface area (Å²) in [7, 11) is 0. The van der Waals surface area contributed by atoms with E-state index in [0.29, 0.717) is 33.5 Å². The van der Waals surface area contributed by atoms with Gasteiger partial charge in [-0.2, -0.15) is 0 Å². The molecule has 0 spiro atoms. The Morgan fingerprint density at radius 3 is 2.65 bits per heavy atom. The Labute approximate surface area is 239 Å². The molecular formula is C26H29Cl2IN2O6. The number of amides is 2. The molecule has 3 rings (SSSR count). The van der Waals surface area contributed by atoms with Crippen LogP contribution in [0.5, 0.6) is 5.75 Å². The van der Waals surface area contributed by atoms with Crippen LogP contribution in [0.25, 0.3) is 0 Å². The van der Waals surface area contributed by atoms with E-state index in [-0.39, 0.29) is 38.6 Å². The molecule has 2 amide bonds. The lowest BCUT2D eigenvalue weighted by atomic mass is 9.88. The smallest absolute Gasteiger partial charge is 0.249 e. The third-order valence-corrected chi connectivity index (χ3v) is 7.30. The zero-order valence-electron chi connectivity index (χ0n) is 20.2. The molecule has 0 aliphatic heterocycles. The predicted octanol–water partition coefficient (Wildman–Crippen LogP) is 3.58. The van der Waals surface area contributed by atoms with Gasteiger partial charge in [0.25, 0.3) is 0 Å². The Bertz CT molecular complexity index is 1130. The molecule has 0 saturated heterocycles. The van der Waals surface area contributed by atoms with Crippen LogP contribution in [0.15, 0.2) is 54.1 Å². The number of rotatable bonds is 11. The summed E-state index contributed by atoms with van der Waals surface area (Å²) in [6.45, 7) is 1.82. The number of nitrogens with one attached hydrogen (secondary N) is 1. The van der Waals surface area contributed by atoms with Crippen molar-refractivity contribution in [1.29, 1.82) is 0 Å². The summed E-state index contributed by atoms with van der Waals surface area (Å²) in [5.41, 5.74) is 0.954. The summed E-state index contributed by atoms with van der Waals surface area (Å²) >= 11 is 14.6. The number of benzene rings is 2. The molecule has 0 radical (unpaired) electrons. The lowest BCUT2D eigenvalue weighted by molar-refractivity contribution is -0.144. The molecule has 0 aromatic heterocycles. The Balaban J connectivity index is 1.99. The summed E-state index contributed by atoms with van der Waals surface area (Å²) < 4.78 is 12.3. The van der Waals surface area contributed by atoms with Crippen LogP contribution in [-0.2, 0) is 20.9 Å². The molecule has 0 saturated carbocycles. The maximum atomic E-state index is 13.3. The standard InChI is InChI=1S/C26H29Cl2IN2O6/c1-2-36-15-24(33)31(14-16-7-8-18(27)13-19(16)28)21-11-17(26(35)30-9-10-32)12-23(25(21)34)37-22-6-4-3-5-20(22)29/h3-8,12-13,21,23,25,32,34H,2,9-11,14-15H2,1H3,(H,30,35). The number of hydrogen-bond acceptors (Lipinski definition) is 6. The molecule has 3 atom stereocenters. The van der Waals surface area contributed by atoms with Gasteiger partial charge in [-0.15, -0.1) is 0 Å². The Kier molecular flexibility index (Phi) is 11.5. The van der Waals surface area contributed by atoms with Gasteiger partial charge in [-0.05, 0) is 65.4 Å². The highest BCUT2D eigenvalue weighted by molar-refractivity contribution is 14.1. The molecule has 2 aromatic carbocycles. The number of nitrogens with zero attached hydrogens (tertiary/aromatic N) is 1. The number of hydrogen-bond donors (Lipinski definition) is 3. The van der Waals surface area contributed by atoms with E-state index >= 15 is 0 Å². The van der Waals surface area contributed by atoms with Crippen molar-refractivity contribution < 1.29 is 29.3 Å². The van der Waals surface area contributed by atoms with Gasteiger partial charge in [0.1, 0.15) is 24.6 Å². The van der Waals surface area contributed by atoms with Crippen LogP contribution in [0.4, 0.5) is 0 Å². The maximum absolute atomic E-state index is 13.3. The third kappa shape index (κ3) is 8.05. The van der Waals surface area contributed by atoms with Crippen LogP contribution in [0.3, 0.4) is 0 Å². The van der Waals surface area contributed by atoms with Crippen molar-refractivity contribution in [1.82, 2.24) is 10.2 Å². The monoisotopic (exact) mass is 662 g/mol. The second-order valence-electron chi connectivity index (χ2n) is 8.34. The van der Waals surface area contributed by atoms with Crippen LogP contribution in [0.1, 0.15) is 18.9 Å². The molecule has 8 nitrogen and oxygen atoms in total. The summed E-state index contributed by atoms with van der Waals surface area (Å²) in [5, 5.41) is 24.1. The highest BCUT2D eigenvalue weighted by atomic mass is 127. The van der Waals surface area contributed by atoms with Gasteiger partial charge in [-0.25, -0.2) is 0 Å². The second kappa shape index (κ2) is 14.3. The molecule has 0 fully saturated rings. The van der Waals surface area contributed by atoms with Crippen molar-refractivity contribution in [3.63, 3.8) is 0 Å². The van der Waals surface area contributed by atoms with E-state index in [1.165, 1.54) is 4.90 Å². The number of carbonyl (C=O) groups excluding carboxylic acids is 2. The minimum Gasteiger partial charge on any atom is -0.482 e. The second-order valence-corrected chi connectivity index (χ2v) is 10.3. The summed E-state index contributed by atoms with van der Waals surface area (Å²) in [4.78, 5) is 27.7. The van der Waals surface area contributed by atoms with Gasteiger partial charge in [-0.1, -0.05) is 41.4 Å². The number of aliphatic hydroxyl groups excluding tert-OH is 2. The first-order chi connectivity index (χ1) is 17.7. The Morgan fingerprint density at radius 2 is 1.97 bits per heavy atom. The van der Waals surface area contributed by atoms with Crippen molar-refractivity contribution in [2.45, 2.75) is 38.1 Å². The molecular weight excluding hydrogens is 634 g/mol. The largest absolute Gasteiger partial charge is 0.482 e. The van der Waals surface area contributed by atoms with Crippen LogP contribution < -0.4 is 10.1 Å². The first kappa shape index (κ1) is 29.7. The molecule has 0 bridgehead atoms. The fourth-order valence-electron chi connectivity index (χ4n) is 3.96. The average molecular weight is 663 g/mol. The molecule has 3 unspecified atom stereocenters. The van der Waals surface area contributed by atoms with E-state index in [4.69, 9.17) is 37.8 Å². The van der Waals surface area contributed by atoms with Crippen LogP contribution in [0.2, 0.25) is 10.0 Å². The molecule has 1 aliphatic carbocycles. The zero-order chi connectivity index (χ0) is 26.9. The molecule has 37 heavy (non-hydrogen) atoms. The number of halogens is 3. The van der Waals surface area contributed by atoms with Crippen molar-refractivity contribution in [3.8, 4) is 5.75 Å². The third-order valence-electron chi connectivity index (χ3n) is 5.82. The van der Waals surface area contributed by atoms with Gasteiger partial charge in [0.2, 0.25) is 11.8 Å². The first-order valence-electron chi connectivity index (χ1n) is 11.7. The maximum Gasteiger partial charge on any atom is 0.249 e. The number of aliphatic hydroxyl groups is 2. The molecule has 2 aromatic rings. The van der Waals surface area contributed by atoms with Gasteiger partial charge >= 0.3 is 0 Å². The molecule has 3 N–H and O–H groups in total. The van der Waals surface area contributed by atoms with E-state index in [1.807, 2.05) is 18.2 Å². The molecule has 200 valence electrons. The fourth-order valence-corrected chi connectivity index (χ4v) is 4.95. The van der Waals surface area contributed by atoms with E-state index in [9.17, 15) is 14.7 Å². The SMILES string of the molecule is CCOCC(=O)N(Cc1ccc(Cl)cc1Cl)C1CC(C(=O)NCCO)=CC(Oc2ccccc2I)C1O. The molecule has 1 aliphatic rings. The zero-order valence-corrected chi connectivity index (χ0v) is 23.9.